The minimum absolute atomic E-state index is 0.0141. The maximum atomic E-state index is 13.9. The van der Waals surface area contributed by atoms with Gasteiger partial charge in [0.2, 0.25) is 5.91 Å². The van der Waals surface area contributed by atoms with E-state index in [-0.39, 0.29) is 17.7 Å². The molecule has 0 spiro atoms. The first kappa shape index (κ1) is 22.0. The fourth-order valence-corrected chi connectivity index (χ4v) is 5.45. The lowest BCUT2D eigenvalue weighted by atomic mass is 9.83. The third kappa shape index (κ3) is 4.01. The minimum atomic E-state index is -0.946. The van der Waals surface area contributed by atoms with E-state index in [9.17, 15) is 9.59 Å². The first-order chi connectivity index (χ1) is 15.9. The number of piperidine rings is 1. The van der Waals surface area contributed by atoms with Crippen molar-refractivity contribution in [3.05, 3.63) is 59.1 Å². The molecule has 1 aliphatic carbocycles. The average molecular weight is 465 g/mol. The predicted octanol–water partition coefficient (Wildman–Crippen LogP) is 4.03. The summed E-state index contributed by atoms with van der Waals surface area (Å²) in [6.07, 6.45) is 3.68. The molecule has 1 unspecified atom stereocenters. The van der Waals surface area contributed by atoms with Crippen LogP contribution in [-0.4, -0.2) is 47.2 Å². The molecule has 2 fully saturated rings. The van der Waals surface area contributed by atoms with Gasteiger partial charge in [-0.05, 0) is 72.4 Å². The fourth-order valence-electron chi connectivity index (χ4n) is 5.26. The van der Waals surface area contributed by atoms with Gasteiger partial charge in [0.05, 0.1) is 0 Å². The van der Waals surface area contributed by atoms with Crippen molar-refractivity contribution in [3.63, 3.8) is 0 Å². The SMILES string of the molecule is CC(=O)N1CCC(CN2C(=O)C(c3cccc(-c4cccc(Cl)c4)c3)(C3CC3)N=C2N)CC1. The van der Waals surface area contributed by atoms with Gasteiger partial charge in [0, 0.05) is 31.6 Å². The standard InChI is InChI=1S/C26H29ClN4O2/c1-17(32)30-12-10-18(11-13-30)16-31-24(33)26(21-8-9-21,29-25(31)28)22-6-2-4-19(14-22)20-5-3-7-23(27)15-20/h2-7,14-15,18,21H,8-13,16H2,1H3,(H2,28,29). The van der Waals surface area contributed by atoms with Crippen LogP contribution in [0.4, 0.5) is 0 Å². The van der Waals surface area contributed by atoms with E-state index in [1.165, 1.54) is 0 Å². The summed E-state index contributed by atoms with van der Waals surface area (Å²) in [6, 6.07) is 15.8. The Kier molecular flexibility index (Phi) is 5.65. The highest BCUT2D eigenvalue weighted by molar-refractivity contribution is 6.30. The van der Waals surface area contributed by atoms with Gasteiger partial charge in [0.15, 0.2) is 11.5 Å². The Morgan fingerprint density at radius 2 is 1.76 bits per heavy atom. The summed E-state index contributed by atoms with van der Waals surface area (Å²) < 4.78 is 0. The Hall–Kier alpha value is -2.86. The molecule has 1 atom stereocenters. The van der Waals surface area contributed by atoms with Crippen molar-refractivity contribution < 1.29 is 9.59 Å². The van der Waals surface area contributed by atoms with Gasteiger partial charge < -0.3 is 10.6 Å². The summed E-state index contributed by atoms with van der Waals surface area (Å²) >= 11 is 6.21. The quantitative estimate of drug-likeness (QED) is 0.725. The Labute approximate surface area is 199 Å². The number of amides is 2. The zero-order valence-corrected chi connectivity index (χ0v) is 19.6. The van der Waals surface area contributed by atoms with Crippen molar-refractivity contribution in [3.8, 4) is 11.1 Å². The topological polar surface area (TPSA) is 79.0 Å². The number of nitrogens with zero attached hydrogens (tertiary/aromatic N) is 3. The van der Waals surface area contributed by atoms with Crippen LogP contribution >= 0.6 is 11.6 Å². The summed E-state index contributed by atoms with van der Waals surface area (Å²) in [5.41, 5.74) is 8.34. The molecule has 0 radical (unpaired) electrons. The summed E-state index contributed by atoms with van der Waals surface area (Å²) in [6.45, 7) is 3.63. The number of rotatable bonds is 5. The van der Waals surface area contributed by atoms with Crippen LogP contribution in [0.2, 0.25) is 5.02 Å². The number of carbonyl (C=O) groups is 2. The van der Waals surface area contributed by atoms with Crippen molar-refractivity contribution in [2.75, 3.05) is 19.6 Å². The average Bonchev–Trinajstić information content (AvgIpc) is 3.63. The van der Waals surface area contributed by atoms with Crippen LogP contribution in [0.25, 0.3) is 11.1 Å². The molecule has 2 heterocycles. The van der Waals surface area contributed by atoms with Gasteiger partial charge in [0.25, 0.3) is 5.91 Å². The molecule has 172 valence electrons. The van der Waals surface area contributed by atoms with E-state index in [1.807, 2.05) is 47.4 Å². The molecule has 2 aliphatic heterocycles. The van der Waals surface area contributed by atoms with E-state index in [4.69, 9.17) is 22.3 Å². The molecule has 1 saturated carbocycles. The van der Waals surface area contributed by atoms with E-state index in [0.717, 1.165) is 55.5 Å². The summed E-state index contributed by atoms with van der Waals surface area (Å²) in [5.74, 6) is 0.890. The van der Waals surface area contributed by atoms with Gasteiger partial charge in [-0.2, -0.15) is 0 Å². The molecular weight excluding hydrogens is 436 g/mol. The lowest BCUT2D eigenvalue weighted by Crippen LogP contribution is -2.48. The van der Waals surface area contributed by atoms with Crippen molar-refractivity contribution in [1.82, 2.24) is 9.80 Å². The fraction of sp³-hybridized carbons (Fsp3) is 0.423. The summed E-state index contributed by atoms with van der Waals surface area (Å²) in [5, 5.41) is 0.677. The maximum Gasteiger partial charge on any atom is 0.262 e. The third-order valence-electron chi connectivity index (χ3n) is 7.27. The lowest BCUT2D eigenvalue weighted by molar-refractivity contribution is -0.134. The van der Waals surface area contributed by atoms with Gasteiger partial charge in [0.1, 0.15) is 0 Å². The molecule has 2 amide bonds. The van der Waals surface area contributed by atoms with Crippen molar-refractivity contribution in [1.29, 1.82) is 0 Å². The van der Waals surface area contributed by atoms with Gasteiger partial charge in [-0.25, -0.2) is 4.99 Å². The van der Waals surface area contributed by atoms with Crippen molar-refractivity contribution in [2.45, 2.75) is 38.1 Å². The van der Waals surface area contributed by atoms with Gasteiger partial charge in [-0.3, -0.25) is 14.5 Å². The second kappa shape index (κ2) is 8.49. The number of likely N-dealkylation sites (tertiary alicyclic amines) is 1. The highest BCUT2D eigenvalue weighted by Gasteiger charge is 2.58. The smallest absolute Gasteiger partial charge is 0.262 e. The molecule has 7 heteroatoms. The molecule has 33 heavy (non-hydrogen) atoms. The first-order valence-corrected chi connectivity index (χ1v) is 12.1. The zero-order chi connectivity index (χ0) is 23.2. The van der Waals surface area contributed by atoms with Crippen LogP contribution in [0.3, 0.4) is 0 Å². The lowest BCUT2D eigenvalue weighted by Gasteiger charge is -2.34. The number of hydrogen-bond acceptors (Lipinski definition) is 4. The first-order valence-electron chi connectivity index (χ1n) is 11.7. The van der Waals surface area contributed by atoms with Crippen LogP contribution in [0.5, 0.6) is 0 Å². The molecule has 0 bridgehead atoms. The van der Waals surface area contributed by atoms with Crippen LogP contribution < -0.4 is 5.73 Å². The second-order valence-electron chi connectivity index (χ2n) is 9.47. The van der Waals surface area contributed by atoms with Gasteiger partial charge in [-0.15, -0.1) is 0 Å². The minimum Gasteiger partial charge on any atom is -0.369 e. The summed E-state index contributed by atoms with van der Waals surface area (Å²) in [7, 11) is 0. The third-order valence-corrected chi connectivity index (χ3v) is 7.50. The Balaban J connectivity index is 1.42. The normalized spacial score (nSPS) is 23.7. The van der Waals surface area contributed by atoms with Crippen LogP contribution in [-0.2, 0) is 15.1 Å². The van der Waals surface area contributed by atoms with E-state index in [0.29, 0.717) is 23.4 Å². The van der Waals surface area contributed by atoms with Crippen LogP contribution in [0.15, 0.2) is 53.5 Å². The molecule has 2 aromatic rings. The number of nitrogens with two attached hydrogens (primary N) is 1. The number of benzene rings is 2. The van der Waals surface area contributed by atoms with Crippen molar-refractivity contribution in [2.24, 2.45) is 22.6 Å². The monoisotopic (exact) mass is 464 g/mol. The van der Waals surface area contributed by atoms with E-state index in [2.05, 4.69) is 6.07 Å². The van der Waals surface area contributed by atoms with Gasteiger partial charge >= 0.3 is 0 Å². The van der Waals surface area contributed by atoms with Crippen LogP contribution in [0.1, 0.15) is 38.2 Å². The van der Waals surface area contributed by atoms with E-state index >= 15 is 0 Å². The molecular formula is C26H29ClN4O2. The number of hydrogen-bond donors (Lipinski definition) is 1. The molecule has 0 aromatic heterocycles. The molecule has 2 N–H and O–H groups in total. The molecule has 3 aliphatic rings. The number of halogens is 1. The Bertz CT molecular complexity index is 1120. The van der Waals surface area contributed by atoms with E-state index < -0.39 is 5.54 Å². The Morgan fingerprint density at radius 3 is 2.39 bits per heavy atom. The summed E-state index contributed by atoms with van der Waals surface area (Å²) in [4.78, 5) is 34.0. The van der Waals surface area contributed by atoms with Gasteiger partial charge in [-0.1, -0.05) is 41.9 Å². The zero-order valence-electron chi connectivity index (χ0n) is 18.8. The molecule has 2 aromatic carbocycles. The second-order valence-corrected chi connectivity index (χ2v) is 9.90. The highest BCUT2D eigenvalue weighted by Crippen LogP contribution is 2.52. The largest absolute Gasteiger partial charge is 0.369 e. The highest BCUT2D eigenvalue weighted by atomic mass is 35.5. The molecule has 1 saturated heterocycles. The number of carbonyl (C=O) groups excluding carboxylic acids is 2. The van der Waals surface area contributed by atoms with Crippen LogP contribution in [0, 0.1) is 11.8 Å². The molecule has 5 rings (SSSR count). The maximum absolute atomic E-state index is 13.9. The van der Waals surface area contributed by atoms with E-state index in [1.54, 1.807) is 11.8 Å². The molecule has 6 nitrogen and oxygen atoms in total. The predicted molar refractivity (Wildman–Crippen MR) is 130 cm³/mol. The number of aliphatic imine (C=N–C) groups is 1. The number of guanidine groups is 1. The van der Waals surface area contributed by atoms with Crippen molar-refractivity contribution >= 4 is 29.4 Å². The Morgan fingerprint density at radius 1 is 1.09 bits per heavy atom.